The first-order valence-corrected chi connectivity index (χ1v) is 10.1. The van der Waals surface area contributed by atoms with E-state index >= 15 is 0 Å². The average molecular weight is 387 g/mol. The van der Waals surface area contributed by atoms with E-state index in [0.717, 1.165) is 30.6 Å². The van der Waals surface area contributed by atoms with Gasteiger partial charge in [-0.1, -0.05) is 36.4 Å². The molecule has 4 rings (SSSR count). The summed E-state index contributed by atoms with van der Waals surface area (Å²) in [7, 11) is 0. The van der Waals surface area contributed by atoms with E-state index in [1.165, 1.54) is 6.42 Å². The highest BCUT2D eigenvalue weighted by molar-refractivity contribution is 5.99. The molecule has 148 valence electrons. The molecule has 1 unspecified atom stereocenters. The molecule has 1 amide bonds. The summed E-state index contributed by atoms with van der Waals surface area (Å²) in [4.78, 5) is 28.8. The number of hydrogen-bond donors (Lipinski definition) is 1. The summed E-state index contributed by atoms with van der Waals surface area (Å²) in [6.07, 6.45) is 6.78. The number of aromatic nitrogens is 3. The Morgan fingerprint density at radius 3 is 2.69 bits per heavy atom. The van der Waals surface area contributed by atoms with Crippen LogP contribution >= 0.6 is 0 Å². The van der Waals surface area contributed by atoms with Gasteiger partial charge in [-0.2, -0.15) is 0 Å². The summed E-state index contributed by atoms with van der Waals surface area (Å²) >= 11 is 0. The van der Waals surface area contributed by atoms with Gasteiger partial charge in [0.1, 0.15) is 11.4 Å². The number of pyridine rings is 1. The first kappa shape index (κ1) is 19.1. The maximum atomic E-state index is 13.0. The van der Waals surface area contributed by atoms with Gasteiger partial charge < -0.3 is 10.2 Å². The van der Waals surface area contributed by atoms with Crippen LogP contribution in [-0.2, 0) is 6.54 Å². The monoisotopic (exact) mass is 387 g/mol. The molecule has 0 bridgehead atoms. The maximum Gasteiger partial charge on any atom is 0.256 e. The fraction of sp³-hybridized carbons (Fsp3) is 0.304. The molecule has 1 N–H and O–H groups in total. The Hall–Kier alpha value is -3.28. The lowest BCUT2D eigenvalue weighted by molar-refractivity contribution is 0.0950. The predicted octanol–water partition coefficient (Wildman–Crippen LogP) is 3.85. The smallest absolute Gasteiger partial charge is 0.256 e. The summed E-state index contributed by atoms with van der Waals surface area (Å²) in [5.74, 6) is 1.17. The first-order chi connectivity index (χ1) is 14.2. The van der Waals surface area contributed by atoms with Gasteiger partial charge in [-0.15, -0.1) is 0 Å². The zero-order valence-electron chi connectivity index (χ0n) is 16.6. The number of carbonyl (C=O) groups is 1. The number of nitrogens with one attached hydrogen (secondary N) is 1. The number of piperidine rings is 1. The van der Waals surface area contributed by atoms with E-state index in [4.69, 9.17) is 4.98 Å². The Labute approximate surface area is 171 Å². The Balaban J connectivity index is 1.65. The second-order valence-corrected chi connectivity index (χ2v) is 7.34. The molecule has 1 aliphatic rings. The molecule has 0 aliphatic carbocycles. The standard InChI is InChI=1S/C23H25N5O/c1-17-9-6-8-14-28(17)22-20(23(29)26-15-19-12-5-7-13-24-19)16-25-21(27-22)18-10-3-2-4-11-18/h2-5,7,10-13,16-17H,6,8-9,14-15H2,1H3,(H,26,29). The van der Waals surface area contributed by atoms with Crippen LogP contribution < -0.4 is 10.2 Å². The minimum absolute atomic E-state index is 0.178. The molecule has 3 heterocycles. The predicted molar refractivity (Wildman–Crippen MR) is 114 cm³/mol. The van der Waals surface area contributed by atoms with Crippen LogP contribution in [0.15, 0.2) is 60.9 Å². The highest BCUT2D eigenvalue weighted by Gasteiger charge is 2.26. The molecule has 1 fully saturated rings. The van der Waals surface area contributed by atoms with Crippen LogP contribution in [0.1, 0.15) is 42.2 Å². The minimum atomic E-state index is -0.178. The van der Waals surface area contributed by atoms with E-state index < -0.39 is 0 Å². The number of hydrogen-bond acceptors (Lipinski definition) is 5. The molecule has 1 aliphatic heterocycles. The van der Waals surface area contributed by atoms with Crippen LogP contribution in [0.3, 0.4) is 0 Å². The van der Waals surface area contributed by atoms with Crippen molar-refractivity contribution in [3.63, 3.8) is 0 Å². The van der Waals surface area contributed by atoms with Crippen molar-refractivity contribution in [3.8, 4) is 11.4 Å². The molecule has 0 spiro atoms. The SMILES string of the molecule is CC1CCCCN1c1nc(-c2ccccc2)ncc1C(=O)NCc1ccccn1. The second-order valence-electron chi connectivity index (χ2n) is 7.34. The Bertz CT molecular complexity index is 962. The first-order valence-electron chi connectivity index (χ1n) is 10.1. The van der Waals surface area contributed by atoms with Crippen LogP contribution in [0.4, 0.5) is 5.82 Å². The number of carbonyl (C=O) groups excluding carboxylic acids is 1. The molecule has 6 nitrogen and oxygen atoms in total. The van der Waals surface area contributed by atoms with Crippen molar-refractivity contribution in [2.75, 3.05) is 11.4 Å². The maximum absolute atomic E-state index is 13.0. The molecule has 0 radical (unpaired) electrons. The molecule has 3 aromatic rings. The van der Waals surface area contributed by atoms with E-state index in [-0.39, 0.29) is 5.91 Å². The van der Waals surface area contributed by atoms with Gasteiger partial charge in [-0.25, -0.2) is 9.97 Å². The highest BCUT2D eigenvalue weighted by Crippen LogP contribution is 2.28. The Morgan fingerprint density at radius 2 is 1.93 bits per heavy atom. The van der Waals surface area contributed by atoms with E-state index in [9.17, 15) is 4.79 Å². The summed E-state index contributed by atoms with van der Waals surface area (Å²) in [5, 5.41) is 2.96. The van der Waals surface area contributed by atoms with Gasteiger partial charge in [0.2, 0.25) is 0 Å². The van der Waals surface area contributed by atoms with E-state index in [0.29, 0.717) is 29.8 Å². The summed E-state index contributed by atoms with van der Waals surface area (Å²) in [6.45, 7) is 3.46. The van der Waals surface area contributed by atoms with Crippen molar-refractivity contribution in [1.29, 1.82) is 0 Å². The quantitative estimate of drug-likeness (QED) is 0.720. The van der Waals surface area contributed by atoms with Crippen LogP contribution in [-0.4, -0.2) is 33.4 Å². The third kappa shape index (κ3) is 4.42. The molecule has 0 saturated carbocycles. The molecular formula is C23H25N5O. The van der Waals surface area contributed by atoms with E-state index in [1.54, 1.807) is 12.4 Å². The Morgan fingerprint density at radius 1 is 1.10 bits per heavy atom. The molecule has 2 aromatic heterocycles. The molecule has 6 heteroatoms. The number of rotatable bonds is 5. The zero-order chi connectivity index (χ0) is 20.1. The molecular weight excluding hydrogens is 362 g/mol. The molecule has 29 heavy (non-hydrogen) atoms. The number of anilines is 1. The van der Waals surface area contributed by atoms with Gasteiger partial charge in [0.25, 0.3) is 5.91 Å². The normalized spacial score (nSPS) is 16.4. The largest absolute Gasteiger partial charge is 0.353 e. The molecule has 1 atom stereocenters. The van der Waals surface area contributed by atoms with Crippen LogP contribution in [0.2, 0.25) is 0 Å². The van der Waals surface area contributed by atoms with Gasteiger partial charge in [0, 0.05) is 30.5 Å². The lowest BCUT2D eigenvalue weighted by Gasteiger charge is -2.35. The summed E-state index contributed by atoms with van der Waals surface area (Å²) in [5.41, 5.74) is 2.27. The van der Waals surface area contributed by atoms with Crippen molar-refractivity contribution in [1.82, 2.24) is 20.3 Å². The fourth-order valence-electron chi connectivity index (χ4n) is 3.66. The molecule has 1 saturated heterocycles. The van der Waals surface area contributed by atoms with Crippen molar-refractivity contribution >= 4 is 11.7 Å². The van der Waals surface area contributed by atoms with Crippen molar-refractivity contribution < 1.29 is 4.79 Å². The van der Waals surface area contributed by atoms with Crippen LogP contribution in [0, 0.1) is 0 Å². The lowest BCUT2D eigenvalue weighted by Crippen LogP contribution is -2.40. The number of amides is 1. The van der Waals surface area contributed by atoms with Crippen molar-refractivity contribution in [2.45, 2.75) is 38.8 Å². The van der Waals surface area contributed by atoms with E-state index in [1.807, 2.05) is 48.5 Å². The van der Waals surface area contributed by atoms with E-state index in [2.05, 4.69) is 27.1 Å². The van der Waals surface area contributed by atoms with Gasteiger partial charge in [0.15, 0.2) is 5.82 Å². The van der Waals surface area contributed by atoms with Gasteiger partial charge >= 0.3 is 0 Å². The van der Waals surface area contributed by atoms with Gasteiger partial charge in [0.05, 0.1) is 12.2 Å². The second kappa shape index (κ2) is 8.82. The zero-order valence-corrected chi connectivity index (χ0v) is 16.6. The van der Waals surface area contributed by atoms with Gasteiger partial charge in [-0.3, -0.25) is 9.78 Å². The lowest BCUT2D eigenvalue weighted by atomic mass is 10.0. The van der Waals surface area contributed by atoms with Crippen molar-refractivity contribution in [3.05, 3.63) is 72.2 Å². The number of benzene rings is 1. The topological polar surface area (TPSA) is 71.0 Å². The summed E-state index contributed by atoms with van der Waals surface area (Å²) < 4.78 is 0. The third-order valence-corrected chi connectivity index (χ3v) is 5.28. The average Bonchev–Trinajstić information content (AvgIpc) is 2.79. The minimum Gasteiger partial charge on any atom is -0.353 e. The highest BCUT2D eigenvalue weighted by atomic mass is 16.1. The van der Waals surface area contributed by atoms with Crippen LogP contribution in [0.5, 0.6) is 0 Å². The van der Waals surface area contributed by atoms with Gasteiger partial charge in [-0.05, 0) is 38.3 Å². The Kier molecular flexibility index (Phi) is 5.79. The fourth-order valence-corrected chi connectivity index (χ4v) is 3.66. The van der Waals surface area contributed by atoms with Crippen LogP contribution in [0.25, 0.3) is 11.4 Å². The molecule has 1 aromatic carbocycles. The third-order valence-electron chi connectivity index (χ3n) is 5.28. The number of nitrogens with zero attached hydrogens (tertiary/aromatic N) is 4. The summed E-state index contributed by atoms with van der Waals surface area (Å²) in [6, 6.07) is 15.9. The van der Waals surface area contributed by atoms with Crippen molar-refractivity contribution in [2.24, 2.45) is 0 Å².